The Morgan fingerprint density at radius 1 is 1.21 bits per heavy atom. The molecule has 2 heterocycles. The summed E-state index contributed by atoms with van der Waals surface area (Å²) >= 11 is 5.95. The average molecular weight is 425 g/mol. The lowest BCUT2D eigenvalue weighted by Gasteiger charge is -2.32. The third-order valence-corrected chi connectivity index (χ3v) is 4.99. The van der Waals surface area contributed by atoms with E-state index >= 15 is 0 Å². The van der Waals surface area contributed by atoms with Gasteiger partial charge in [-0.1, -0.05) is 18.2 Å². The van der Waals surface area contributed by atoms with Crippen molar-refractivity contribution in [3.63, 3.8) is 0 Å². The molecule has 3 N–H and O–H groups in total. The molecule has 1 aliphatic heterocycles. The Morgan fingerprint density at radius 2 is 1.89 bits per heavy atom. The first-order valence-corrected chi connectivity index (χ1v) is 9.28. The highest BCUT2D eigenvalue weighted by Crippen LogP contribution is 2.37. The molecule has 1 unspecified atom stereocenters. The molecule has 3 rings (SSSR count). The van der Waals surface area contributed by atoms with Gasteiger partial charge in [-0.2, -0.15) is 0 Å². The quantitative estimate of drug-likeness (QED) is 0.658. The normalized spacial score (nSPS) is 19.1. The second-order valence-electron chi connectivity index (χ2n) is 7.01. The summed E-state index contributed by atoms with van der Waals surface area (Å²) in [4.78, 5) is 16.1. The highest BCUT2D eigenvalue weighted by Gasteiger charge is 2.49. The van der Waals surface area contributed by atoms with Gasteiger partial charge in [-0.3, -0.25) is 10.6 Å². The molecule has 1 aliphatic rings. The van der Waals surface area contributed by atoms with Gasteiger partial charge >= 0.3 is 6.03 Å². The summed E-state index contributed by atoms with van der Waals surface area (Å²) in [6, 6.07) is 10.7. The van der Waals surface area contributed by atoms with Gasteiger partial charge in [-0.15, -0.1) is 12.4 Å². The standard InChI is InChI=1S/C20H25ClN4O2.ClH/c1-14-20(22,25(19(26)23-14)13-5-4-12-24(2)3)18-11-10-17(27-18)15-6-8-16(21)9-7-15;/h6-11H,1,4-5,12-13,22H2,2-3H3,(H,23,26);1H. The Kier molecular flexibility index (Phi) is 7.17. The van der Waals surface area contributed by atoms with E-state index < -0.39 is 5.66 Å². The summed E-state index contributed by atoms with van der Waals surface area (Å²) in [5, 5.41) is 3.40. The highest BCUT2D eigenvalue weighted by molar-refractivity contribution is 6.30. The Morgan fingerprint density at radius 3 is 2.54 bits per heavy atom. The van der Waals surface area contributed by atoms with Crippen LogP contribution >= 0.6 is 24.0 Å². The van der Waals surface area contributed by atoms with Crippen molar-refractivity contribution >= 4 is 30.0 Å². The fraction of sp³-hybridized carbons (Fsp3) is 0.350. The summed E-state index contributed by atoms with van der Waals surface area (Å²) in [5.41, 5.74) is 6.72. The second kappa shape index (κ2) is 9.01. The predicted molar refractivity (Wildman–Crippen MR) is 114 cm³/mol. The molecular weight excluding hydrogens is 399 g/mol. The van der Waals surface area contributed by atoms with E-state index in [1.807, 2.05) is 32.3 Å². The van der Waals surface area contributed by atoms with E-state index in [9.17, 15) is 4.79 Å². The van der Waals surface area contributed by atoms with Gasteiger partial charge < -0.3 is 14.6 Å². The predicted octanol–water partition coefficient (Wildman–Crippen LogP) is 4.01. The molecule has 1 fully saturated rings. The van der Waals surface area contributed by atoms with Crippen LogP contribution in [0.4, 0.5) is 4.79 Å². The lowest BCUT2D eigenvalue weighted by atomic mass is 10.0. The summed E-state index contributed by atoms with van der Waals surface area (Å²) in [5.74, 6) is 1.13. The van der Waals surface area contributed by atoms with Crippen molar-refractivity contribution in [3.05, 3.63) is 59.5 Å². The molecule has 0 radical (unpaired) electrons. The number of furan rings is 1. The van der Waals surface area contributed by atoms with Crippen LogP contribution in [0.15, 0.2) is 53.1 Å². The molecule has 8 heteroatoms. The van der Waals surface area contributed by atoms with Crippen molar-refractivity contribution < 1.29 is 9.21 Å². The van der Waals surface area contributed by atoms with Crippen molar-refractivity contribution in [2.45, 2.75) is 18.5 Å². The molecule has 1 atom stereocenters. The van der Waals surface area contributed by atoms with Gasteiger partial charge in [0, 0.05) is 17.1 Å². The summed E-state index contributed by atoms with van der Waals surface area (Å²) < 4.78 is 6.02. The molecule has 0 saturated carbocycles. The maximum atomic E-state index is 12.4. The summed E-state index contributed by atoms with van der Waals surface area (Å²) in [7, 11) is 4.05. The lowest BCUT2D eigenvalue weighted by Crippen LogP contribution is -2.51. The van der Waals surface area contributed by atoms with E-state index in [0.717, 1.165) is 24.9 Å². The lowest BCUT2D eigenvalue weighted by molar-refractivity contribution is 0.149. The molecule has 1 aromatic heterocycles. The van der Waals surface area contributed by atoms with Crippen molar-refractivity contribution in [1.29, 1.82) is 0 Å². The highest BCUT2D eigenvalue weighted by atomic mass is 35.5. The van der Waals surface area contributed by atoms with E-state index in [1.54, 1.807) is 23.1 Å². The third-order valence-electron chi connectivity index (χ3n) is 4.74. The number of carbonyl (C=O) groups is 1. The van der Waals surface area contributed by atoms with Crippen LogP contribution in [0.3, 0.4) is 0 Å². The molecule has 1 saturated heterocycles. The fourth-order valence-corrected chi connectivity index (χ4v) is 3.31. The zero-order valence-corrected chi connectivity index (χ0v) is 17.6. The Hall–Kier alpha value is -1.99. The number of nitrogens with one attached hydrogen (secondary N) is 1. The van der Waals surface area contributed by atoms with Crippen molar-refractivity contribution in [2.75, 3.05) is 27.2 Å². The van der Waals surface area contributed by atoms with E-state index in [-0.39, 0.29) is 18.4 Å². The van der Waals surface area contributed by atoms with Gasteiger partial charge in [0.25, 0.3) is 0 Å². The second-order valence-corrected chi connectivity index (χ2v) is 7.44. The molecule has 0 bridgehead atoms. The maximum Gasteiger partial charge on any atom is 0.323 e. The molecule has 0 spiro atoms. The number of benzene rings is 1. The topological polar surface area (TPSA) is 74.7 Å². The number of rotatable bonds is 7. The summed E-state index contributed by atoms with van der Waals surface area (Å²) in [6.07, 6.45) is 1.80. The van der Waals surface area contributed by atoms with Crippen molar-refractivity contribution in [3.8, 4) is 11.3 Å². The molecule has 28 heavy (non-hydrogen) atoms. The largest absolute Gasteiger partial charge is 0.457 e. The molecule has 0 aliphatic carbocycles. The van der Waals surface area contributed by atoms with Gasteiger partial charge in [0.2, 0.25) is 0 Å². The Labute approximate surface area is 176 Å². The zero-order valence-electron chi connectivity index (χ0n) is 16.1. The van der Waals surface area contributed by atoms with Crippen LogP contribution in [0.5, 0.6) is 0 Å². The van der Waals surface area contributed by atoms with E-state index in [2.05, 4.69) is 16.8 Å². The van der Waals surface area contributed by atoms with Crippen molar-refractivity contribution in [2.24, 2.45) is 5.73 Å². The van der Waals surface area contributed by atoms with Gasteiger partial charge in [0.05, 0.1) is 5.70 Å². The number of hydrogen-bond donors (Lipinski definition) is 2. The molecular formula is C20H26Cl2N4O2. The van der Waals surface area contributed by atoms with E-state index in [4.69, 9.17) is 21.8 Å². The van der Waals surface area contributed by atoms with Crippen LogP contribution in [-0.2, 0) is 5.66 Å². The number of nitrogens with two attached hydrogens (primary N) is 1. The number of carbonyl (C=O) groups excluding carboxylic acids is 1. The number of halogens is 2. The van der Waals surface area contributed by atoms with Crippen LogP contribution in [0.25, 0.3) is 11.3 Å². The fourth-order valence-electron chi connectivity index (χ4n) is 3.18. The average Bonchev–Trinajstić information content (AvgIpc) is 3.18. The minimum Gasteiger partial charge on any atom is -0.457 e. The van der Waals surface area contributed by atoms with E-state index in [0.29, 0.717) is 28.8 Å². The van der Waals surface area contributed by atoms with Crippen LogP contribution in [0.2, 0.25) is 5.02 Å². The Bertz CT molecular complexity index is 835. The SMILES string of the molecule is C=C1NC(=O)N(CCCCN(C)C)C1(N)c1ccc(-c2ccc(Cl)cc2)o1.Cl. The monoisotopic (exact) mass is 424 g/mol. The van der Waals surface area contributed by atoms with Gasteiger partial charge in [-0.05, 0) is 69.9 Å². The third kappa shape index (κ3) is 4.36. The van der Waals surface area contributed by atoms with E-state index in [1.165, 1.54) is 0 Å². The Balaban J connectivity index is 0.00000280. The first-order chi connectivity index (χ1) is 12.8. The number of urea groups is 1. The minimum atomic E-state index is -1.21. The summed E-state index contributed by atoms with van der Waals surface area (Å²) in [6.45, 7) is 5.42. The van der Waals surface area contributed by atoms with Crippen molar-refractivity contribution in [1.82, 2.24) is 15.1 Å². The van der Waals surface area contributed by atoms with Gasteiger partial charge in [0.15, 0.2) is 11.4 Å². The first-order valence-electron chi connectivity index (χ1n) is 8.90. The molecule has 2 amide bonds. The number of hydrogen-bond acceptors (Lipinski definition) is 4. The van der Waals surface area contributed by atoms with Crippen LogP contribution in [0.1, 0.15) is 18.6 Å². The molecule has 2 aromatic rings. The number of unbranched alkanes of at least 4 members (excludes halogenated alkanes) is 1. The maximum absolute atomic E-state index is 12.4. The van der Waals surface area contributed by atoms with Crippen LogP contribution in [0, 0.1) is 0 Å². The van der Waals surface area contributed by atoms with Crippen LogP contribution in [-0.4, -0.2) is 43.0 Å². The molecule has 152 valence electrons. The molecule has 6 nitrogen and oxygen atoms in total. The minimum absolute atomic E-state index is 0. The van der Waals surface area contributed by atoms with Gasteiger partial charge in [-0.25, -0.2) is 4.79 Å². The first kappa shape index (κ1) is 22.3. The van der Waals surface area contributed by atoms with Crippen LogP contribution < -0.4 is 11.1 Å². The van der Waals surface area contributed by atoms with Gasteiger partial charge in [0.1, 0.15) is 5.76 Å². The number of amides is 2. The zero-order chi connectivity index (χ0) is 19.6. The molecule has 1 aromatic carbocycles. The number of nitrogens with zero attached hydrogens (tertiary/aromatic N) is 2. The smallest absolute Gasteiger partial charge is 0.323 e.